The van der Waals surface area contributed by atoms with Gasteiger partial charge in [-0.25, -0.2) is 0 Å². The molecule has 0 aliphatic heterocycles. The standard InChI is InChI=1S/C10H19N/c1-4-9(2)5-6-10(3)7-8-11/h6-9H,4-5,11H2,1-3H3/b8-7-,10-6-. The molecule has 0 bridgehead atoms. The molecule has 0 aliphatic carbocycles. The summed E-state index contributed by atoms with van der Waals surface area (Å²) < 4.78 is 0. The molecule has 0 saturated heterocycles. The molecule has 0 amide bonds. The topological polar surface area (TPSA) is 26.0 Å². The average molecular weight is 153 g/mol. The monoisotopic (exact) mass is 153 g/mol. The van der Waals surface area contributed by atoms with Gasteiger partial charge in [-0.3, -0.25) is 0 Å². The molecule has 0 heterocycles. The minimum Gasteiger partial charge on any atom is -0.405 e. The van der Waals surface area contributed by atoms with E-state index in [0.29, 0.717) is 0 Å². The van der Waals surface area contributed by atoms with Crippen LogP contribution in [0.4, 0.5) is 0 Å². The summed E-state index contributed by atoms with van der Waals surface area (Å²) in [5, 5.41) is 0. The van der Waals surface area contributed by atoms with Crippen molar-refractivity contribution in [3.63, 3.8) is 0 Å². The van der Waals surface area contributed by atoms with Crippen LogP contribution in [0.2, 0.25) is 0 Å². The van der Waals surface area contributed by atoms with Gasteiger partial charge in [0.05, 0.1) is 0 Å². The van der Waals surface area contributed by atoms with E-state index in [1.54, 1.807) is 6.20 Å². The molecule has 1 atom stereocenters. The Kier molecular flexibility index (Phi) is 5.63. The molecule has 1 nitrogen and oxygen atoms in total. The molecular formula is C10H19N. The Morgan fingerprint density at radius 3 is 2.64 bits per heavy atom. The van der Waals surface area contributed by atoms with Gasteiger partial charge < -0.3 is 5.73 Å². The first-order valence-corrected chi connectivity index (χ1v) is 4.25. The first-order chi connectivity index (χ1) is 5.20. The van der Waals surface area contributed by atoms with Crippen LogP contribution in [0.5, 0.6) is 0 Å². The van der Waals surface area contributed by atoms with Crippen molar-refractivity contribution in [2.45, 2.75) is 33.6 Å². The number of nitrogens with two attached hydrogens (primary N) is 1. The zero-order chi connectivity index (χ0) is 8.69. The van der Waals surface area contributed by atoms with Gasteiger partial charge in [0.1, 0.15) is 0 Å². The van der Waals surface area contributed by atoms with Crippen molar-refractivity contribution in [1.82, 2.24) is 0 Å². The second-order valence-electron chi connectivity index (χ2n) is 3.06. The summed E-state index contributed by atoms with van der Waals surface area (Å²) in [6.45, 7) is 6.55. The third-order valence-electron chi connectivity index (χ3n) is 1.90. The Morgan fingerprint density at radius 2 is 2.18 bits per heavy atom. The van der Waals surface area contributed by atoms with Crippen LogP contribution >= 0.6 is 0 Å². The third kappa shape index (κ3) is 5.71. The van der Waals surface area contributed by atoms with Gasteiger partial charge >= 0.3 is 0 Å². The van der Waals surface area contributed by atoms with E-state index >= 15 is 0 Å². The molecular weight excluding hydrogens is 134 g/mol. The van der Waals surface area contributed by atoms with Gasteiger partial charge in [0, 0.05) is 0 Å². The highest BCUT2D eigenvalue weighted by Gasteiger charge is 1.93. The van der Waals surface area contributed by atoms with Crippen LogP contribution in [0.1, 0.15) is 33.6 Å². The largest absolute Gasteiger partial charge is 0.405 e. The van der Waals surface area contributed by atoms with Gasteiger partial charge in [-0.2, -0.15) is 0 Å². The van der Waals surface area contributed by atoms with Gasteiger partial charge in [0.25, 0.3) is 0 Å². The summed E-state index contributed by atoms with van der Waals surface area (Å²) in [7, 11) is 0. The predicted molar refractivity (Wildman–Crippen MR) is 51.2 cm³/mol. The van der Waals surface area contributed by atoms with Crippen molar-refractivity contribution in [2.24, 2.45) is 11.7 Å². The van der Waals surface area contributed by atoms with Crippen LogP contribution in [0.15, 0.2) is 23.9 Å². The second kappa shape index (κ2) is 6.02. The lowest BCUT2D eigenvalue weighted by Crippen LogP contribution is -1.88. The smallest absolute Gasteiger partial charge is 0.00598 e. The molecule has 0 rings (SSSR count). The molecule has 0 aromatic rings. The maximum Gasteiger partial charge on any atom is -0.00598 e. The van der Waals surface area contributed by atoms with E-state index in [-0.39, 0.29) is 0 Å². The molecule has 1 unspecified atom stereocenters. The summed E-state index contributed by atoms with van der Waals surface area (Å²) in [5.41, 5.74) is 6.50. The Balaban J connectivity index is 3.72. The first kappa shape index (κ1) is 10.3. The molecule has 0 saturated carbocycles. The zero-order valence-electron chi connectivity index (χ0n) is 7.80. The van der Waals surface area contributed by atoms with Gasteiger partial charge in [-0.05, 0) is 31.5 Å². The van der Waals surface area contributed by atoms with Crippen LogP contribution < -0.4 is 5.73 Å². The highest BCUT2D eigenvalue weighted by molar-refractivity contribution is 5.14. The number of rotatable bonds is 4. The van der Waals surface area contributed by atoms with Crippen molar-refractivity contribution in [3.05, 3.63) is 23.9 Å². The van der Waals surface area contributed by atoms with Gasteiger partial charge in [0.2, 0.25) is 0 Å². The lowest BCUT2D eigenvalue weighted by molar-refractivity contribution is 0.571. The molecule has 2 N–H and O–H groups in total. The van der Waals surface area contributed by atoms with Crippen molar-refractivity contribution in [2.75, 3.05) is 0 Å². The van der Waals surface area contributed by atoms with E-state index in [2.05, 4.69) is 26.8 Å². The first-order valence-electron chi connectivity index (χ1n) is 4.25. The van der Waals surface area contributed by atoms with Crippen LogP contribution in [0.25, 0.3) is 0 Å². The summed E-state index contributed by atoms with van der Waals surface area (Å²) >= 11 is 0. The Morgan fingerprint density at radius 1 is 1.55 bits per heavy atom. The summed E-state index contributed by atoms with van der Waals surface area (Å²) in [6.07, 6.45) is 8.16. The second-order valence-corrected chi connectivity index (χ2v) is 3.06. The Labute approximate surface area is 70.0 Å². The minimum absolute atomic E-state index is 0.788. The summed E-state index contributed by atoms with van der Waals surface area (Å²) in [6, 6.07) is 0. The van der Waals surface area contributed by atoms with Gasteiger partial charge in [-0.1, -0.05) is 31.9 Å². The van der Waals surface area contributed by atoms with E-state index in [1.807, 2.05) is 6.08 Å². The average Bonchev–Trinajstić information content (AvgIpc) is 2.01. The molecule has 64 valence electrons. The highest BCUT2D eigenvalue weighted by Crippen LogP contribution is 2.09. The van der Waals surface area contributed by atoms with Gasteiger partial charge in [-0.15, -0.1) is 0 Å². The molecule has 11 heavy (non-hydrogen) atoms. The van der Waals surface area contributed by atoms with Crippen LogP contribution in [0, 0.1) is 5.92 Å². The lowest BCUT2D eigenvalue weighted by atomic mass is 10.0. The normalized spacial score (nSPS) is 15.7. The SMILES string of the molecule is CCC(C)C/C=C(C)\C=C/N. The van der Waals surface area contributed by atoms with Crippen molar-refractivity contribution < 1.29 is 0 Å². The highest BCUT2D eigenvalue weighted by atomic mass is 14.5. The fraction of sp³-hybridized carbons (Fsp3) is 0.600. The molecule has 0 spiro atoms. The maximum absolute atomic E-state index is 5.25. The molecule has 1 heteroatoms. The van der Waals surface area contributed by atoms with E-state index in [1.165, 1.54) is 12.0 Å². The lowest BCUT2D eigenvalue weighted by Gasteiger charge is -2.03. The number of hydrogen-bond acceptors (Lipinski definition) is 1. The zero-order valence-corrected chi connectivity index (χ0v) is 7.80. The van der Waals surface area contributed by atoms with Crippen molar-refractivity contribution in [3.8, 4) is 0 Å². The van der Waals surface area contributed by atoms with Crippen molar-refractivity contribution >= 4 is 0 Å². The predicted octanol–water partition coefficient (Wildman–Crippen LogP) is 2.84. The van der Waals surface area contributed by atoms with E-state index in [0.717, 1.165) is 12.3 Å². The molecule has 0 aromatic carbocycles. The molecule has 0 aliphatic rings. The van der Waals surface area contributed by atoms with E-state index in [9.17, 15) is 0 Å². The van der Waals surface area contributed by atoms with Crippen LogP contribution in [-0.2, 0) is 0 Å². The quantitative estimate of drug-likeness (QED) is 0.617. The van der Waals surface area contributed by atoms with Crippen LogP contribution in [-0.4, -0.2) is 0 Å². The van der Waals surface area contributed by atoms with E-state index in [4.69, 9.17) is 5.73 Å². The van der Waals surface area contributed by atoms with Crippen molar-refractivity contribution in [1.29, 1.82) is 0 Å². The molecule has 0 fully saturated rings. The van der Waals surface area contributed by atoms with Crippen LogP contribution in [0.3, 0.4) is 0 Å². The number of hydrogen-bond donors (Lipinski definition) is 1. The minimum atomic E-state index is 0.788. The fourth-order valence-electron chi connectivity index (χ4n) is 0.774. The van der Waals surface area contributed by atoms with E-state index < -0.39 is 0 Å². The Hall–Kier alpha value is -0.720. The molecule has 0 radical (unpaired) electrons. The fourth-order valence-corrected chi connectivity index (χ4v) is 0.774. The maximum atomic E-state index is 5.25. The third-order valence-corrected chi connectivity index (χ3v) is 1.90. The summed E-state index contributed by atoms with van der Waals surface area (Å²) in [5.74, 6) is 0.788. The number of allylic oxidation sites excluding steroid dienone is 3. The summed E-state index contributed by atoms with van der Waals surface area (Å²) in [4.78, 5) is 0. The molecule has 0 aromatic heterocycles. The van der Waals surface area contributed by atoms with Gasteiger partial charge in [0.15, 0.2) is 0 Å². The Bertz CT molecular complexity index is 145.